The molecule has 2 heteroatoms. The van der Waals surface area contributed by atoms with Crippen molar-refractivity contribution in [3.05, 3.63) is 34.9 Å². The second-order valence-corrected chi connectivity index (χ2v) is 7.09. The molecule has 0 radical (unpaired) electrons. The lowest BCUT2D eigenvalue weighted by molar-refractivity contribution is 0.0640. The first kappa shape index (κ1) is 14.6. The molecule has 0 bridgehead atoms. The molecule has 1 aliphatic heterocycles. The van der Waals surface area contributed by atoms with E-state index in [4.69, 9.17) is 5.26 Å². The molecule has 2 fully saturated rings. The maximum atomic E-state index is 8.95. The van der Waals surface area contributed by atoms with Crippen molar-refractivity contribution in [2.24, 2.45) is 5.41 Å². The number of nitrogens with zero attached hydrogens (tertiary/aromatic N) is 2. The zero-order valence-corrected chi connectivity index (χ0v) is 13.2. The molecule has 21 heavy (non-hydrogen) atoms. The van der Waals surface area contributed by atoms with Crippen molar-refractivity contribution >= 4 is 0 Å². The molecule has 0 N–H and O–H groups in total. The molecule has 0 unspecified atom stereocenters. The zero-order valence-electron chi connectivity index (χ0n) is 13.2. The van der Waals surface area contributed by atoms with E-state index in [1.807, 2.05) is 12.1 Å². The van der Waals surface area contributed by atoms with Gasteiger partial charge in [-0.25, -0.2) is 0 Å². The summed E-state index contributed by atoms with van der Waals surface area (Å²) in [7, 11) is 0. The number of aryl methyl sites for hydroxylation is 1. The van der Waals surface area contributed by atoms with Gasteiger partial charge in [-0.3, -0.25) is 4.90 Å². The Morgan fingerprint density at radius 2 is 1.81 bits per heavy atom. The van der Waals surface area contributed by atoms with E-state index >= 15 is 0 Å². The van der Waals surface area contributed by atoms with Crippen LogP contribution in [0.25, 0.3) is 0 Å². The Balaban J connectivity index is 1.59. The van der Waals surface area contributed by atoms with Crippen LogP contribution in [0.15, 0.2) is 18.2 Å². The first-order valence-electron chi connectivity index (χ1n) is 8.43. The first-order valence-corrected chi connectivity index (χ1v) is 8.43. The lowest BCUT2D eigenvalue weighted by Gasteiger charge is -2.44. The third-order valence-corrected chi connectivity index (χ3v) is 5.70. The van der Waals surface area contributed by atoms with Crippen LogP contribution in [0, 0.1) is 23.7 Å². The molecule has 0 aromatic heterocycles. The summed E-state index contributed by atoms with van der Waals surface area (Å²) in [4.78, 5) is 2.61. The molecule has 3 rings (SSSR count). The van der Waals surface area contributed by atoms with Crippen LogP contribution < -0.4 is 0 Å². The Labute approximate surface area is 128 Å². The van der Waals surface area contributed by atoms with Crippen molar-refractivity contribution in [3.8, 4) is 6.07 Å². The average Bonchev–Trinajstić information content (AvgIpc) is 2.52. The fourth-order valence-corrected chi connectivity index (χ4v) is 4.17. The third-order valence-electron chi connectivity index (χ3n) is 5.70. The Bertz CT molecular complexity index is 525. The van der Waals surface area contributed by atoms with Gasteiger partial charge in [0.15, 0.2) is 0 Å². The lowest BCUT2D eigenvalue weighted by atomic mass is 9.68. The van der Waals surface area contributed by atoms with Crippen LogP contribution in [0.2, 0.25) is 0 Å². The highest BCUT2D eigenvalue weighted by atomic mass is 15.1. The summed E-state index contributed by atoms with van der Waals surface area (Å²) in [6.07, 6.45) is 10.1. The van der Waals surface area contributed by atoms with E-state index in [0.29, 0.717) is 5.41 Å². The smallest absolute Gasteiger partial charge is 0.0991 e. The van der Waals surface area contributed by atoms with Crippen molar-refractivity contribution in [3.63, 3.8) is 0 Å². The standard InChI is InChI=1S/C19H26N2/c1-16-13-17(14-20)5-6-18(16)15-21-11-9-19(10-12-21)7-3-2-4-8-19/h5-6,13H,2-4,7-12,15H2,1H3. The van der Waals surface area contributed by atoms with Gasteiger partial charge in [-0.05, 0) is 74.4 Å². The molecule has 1 aliphatic carbocycles. The molecule has 1 aromatic rings. The fourth-order valence-electron chi connectivity index (χ4n) is 4.17. The number of likely N-dealkylation sites (tertiary alicyclic amines) is 1. The van der Waals surface area contributed by atoms with Gasteiger partial charge >= 0.3 is 0 Å². The summed E-state index contributed by atoms with van der Waals surface area (Å²) in [6, 6.07) is 8.33. The van der Waals surface area contributed by atoms with Crippen molar-refractivity contribution in [2.75, 3.05) is 13.1 Å². The van der Waals surface area contributed by atoms with Gasteiger partial charge in [0.25, 0.3) is 0 Å². The Morgan fingerprint density at radius 1 is 1.10 bits per heavy atom. The molecule has 112 valence electrons. The van der Waals surface area contributed by atoms with E-state index in [1.165, 1.54) is 69.2 Å². The molecule has 1 aromatic carbocycles. The van der Waals surface area contributed by atoms with Crippen LogP contribution in [0.4, 0.5) is 0 Å². The third kappa shape index (κ3) is 3.30. The van der Waals surface area contributed by atoms with Crippen molar-refractivity contribution < 1.29 is 0 Å². The monoisotopic (exact) mass is 282 g/mol. The molecule has 2 aliphatic rings. The number of nitriles is 1. The van der Waals surface area contributed by atoms with Crippen LogP contribution >= 0.6 is 0 Å². The molecule has 2 nitrogen and oxygen atoms in total. The van der Waals surface area contributed by atoms with Gasteiger partial charge < -0.3 is 0 Å². The van der Waals surface area contributed by atoms with Crippen molar-refractivity contribution in [1.29, 1.82) is 5.26 Å². The predicted molar refractivity (Wildman–Crippen MR) is 85.9 cm³/mol. The van der Waals surface area contributed by atoms with Crippen LogP contribution in [0.5, 0.6) is 0 Å². The average molecular weight is 282 g/mol. The summed E-state index contributed by atoms with van der Waals surface area (Å²) < 4.78 is 0. The highest BCUT2D eigenvalue weighted by molar-refractivity contribution is 5.37. The minimum Gasteiger partial charge on any atom is -0.299 e. The number of rotatable bonds is 2. The van der Waals surface area contributed by atoms with Gasteiger partial charge in [0.2, 0.25) is 0 Å². The van der Waals surface area contributed by atoms with Gasteiger partial charge in [-0.15, -0.1) is 0 Å². The maximum absolute atomic E-state index is 8.95. The number of hydrogen-bond donors (Lipinski definition) is 0. The lowest BCUT2D eigenvalue weighted by Crippen LogP contribution is -2.40. The minimum absolute atomic E-state index is 0.689. The normalized spacial score (nSPS) is 22.1. The Kier molecular flexibility index (Phi) is 4.31. The van der Waals surface area contributed by atoms with E-state index in [1.54, 1.807) is 0 Å². The molecule has 1 spiro atoms. The van der Waals surface area contributed by atoms with Gasteiger partial charge in [0.1, 0.15) is 0 Å². The maximum Gasteiger partial charge on any atom is 0.0991 e. The van der Waals surface area contributed by atoms with E-state index in [9.17, 15) is 0 Å². The minimum atomic E-state index is 0.689. The summed E-state index contributed by atoms with van der Waals surface area (Å²) in [6.45, 7) is 5.68. The summed E-state index contributed by atoms with van der Waals surface area (Å²) in [5.41, 5.74) is 4.10. The highest BCUT2D eigenvalue weighted by Gasteiger charge is 2.35. The largest absolute Gasteiger partial charge is 0.299 e. The quantitative estimate of drug-likeness (QED) is 0.803. The van der Waals surface area contributed by atoms with Crippen LogP contribution in [-0.4, -0.2) is 18.0 Å². The first-order chi connectivity index (χ1) is 10.2. The molecular formula is C19H26N2. The molecular weight excluding hydrogens is 256 g/mol. The molecule has 0 amide bonds. The summed E-state index contributed by atoms with van der Waals surface area (Å²) in [5.74, 6) is 0. The second kappa shape index (κ2) is 6.20. The second-order valence-electron chi connectivity index (χ2n) is 7.09. The number of piperidine rings is 1. The molecule has 1 saturated heterocycles. The van der Waals surface area contributed by atoms with Gasteiger partial charge in [-0.1, -0.05) is 25.3 Å². The summed E-state index contributed by atoms with van der Waals surface area (Å²) in [5, 5.41) is 8.95. The SMILES string of the molecule is Cc1cc(C#N)ccc1CN1CCC2(CCCCC2)CC1. The number of hydrogen-bond acceptors (Lipinski definition) is 2. The Hall–Kier alpha value is -1.33. The van der Waals surface area contributed by atoms with E-state index < -0.39 is 0 Å². The topological polar surface area (TPSA) is 27.0 Å². The fraction of sp³-hybridized carbons (Fsp3) is 0.632. The highest BCUT2D eigenvalue weighted by Crippen LogP contribution is 2.44. The van der Waals surface area contributed by atoms with Crippen LogP contribution in [-0.2, 0) is 6.54 Å². The van der Waals surface area contributed by atoms with E-state index in [-0.39, 0.29) is 0 Å². The molecule has 1 heterocycles. The summed E-state index contributed by atoms with van der Waals surface area (Å²) >= 11 is 0. The molecule has 0 atom stereocenters. The van der Waals surface area contributed by atoms with E-state index in [2.05, 4.69) is 24.0 Å². The number of benzene rings is 1. The van der Waals surface area contributed by atoms with Crippen LogP contribution in [0.1, 0.15) is 61.6 Å². The van der Waals surface area contributed by atoms with Gasteiger partial charge in [0.05, 0.1) is 11.6 Å². The van der Waals surface area contributed by atoms with Crippen LogP contribution in [0.3, 0.4) is 0 Å². The molecule has 1 saturated carbocycles. The van der Waals surface area contributed by atoms with Crippen molar-refractivity contribution in [1.82, 2.24) is 4.90 Å². The van der Waals surface area contributed by atoms with Gasteiger partial charge in [-0.2, -0.15) is 5.26 Å². The predicted octanol–water partition coefficient (Wildman–Crippen LogP) is 4.41. The zero-order chi connectivity index (χ0) is 14.7. The van der Waals surface area contributed by atoms with E-state index in [0.717, 1.165) is 12.1 Å². The van der Waals surface area contributed by atoms with Gasteiger partial charge in [0, 0.05) is 6.54 Å². The Morgan fingerprint density at radius 3 is 2.43 bits per heavy atom. The van der Waals surface area contributed by atoms with Crippen molar-refractivity contribution in [2.45, 2.75) is 58.4 Å².